The summed E-state index contributed by atoms with van der Waals surface area (Å²) >= 11 is 0. The van der Waals surface area contributed by atoms with Crippen molar-refractivity contribution >= 4 is 29.4 Å². The molecule has 0 atom stereocenters. The van der Waals surface area contributed by atoms with Gasteiger partial charge in [0.05, 0.1) is 31.1 Å². The van der Waals surface area contributed by atoms with Gasteiger partial charge in [0, 0.05) is 29.8 Å². The molecule has 0 aliphatic heterocycles. The molecule has 0 unspecified atom stereocenters. The van der Waals surface area contributed by atoms with Gasteiger partial charge in [-0.05, 0) is 53.7 Å². The van der Waals surface area contributed by atoms with Gasteiger partial charge in [-0.1, -0.05) is 0 Å². The van der Waals surface area contributed by atoms with Crippen LogP contribution >= 0.6 is 0 Å². The van der Waals surface area contributed by atoms with Gasteiger partial charge >= 0.3 is 5.97 Å². The summed E-state index contributed by atoms with van der Waals surface area (Å²) in [6.45, 7) is 15.1. The van der Waals surface area contributed by atoms with Crippen LogP contribution < -0.4 is 10.0 Å². The first-order chi connectivity index (χ1) is 16.3. The van der Waals surface area contributed by atoms with Gasteiger partial charge in [0.2, 0.25) is 5.91 Å². The van der Waals surface area contributed by atoms with Gasteiger partial charge in [-0.15, -0.1) is 0 Å². The molecular weight excluding hydrogens is 460 g/mol. The van der Waals surface area contributed by atoms with E-state index in [0.29, 0.717) is 12.1 Å². The molecule has 0 saturated heterocycles. The number of rotatable bonds is 11. The number of nitrogens with zero attached hydrogens (tertiary/aromatic N) is 3. The predicted octanol–water partition coefficient (Wildman–Crippen LogP) is -0.572. The van der Waals surface area contributed by atoms with Crippen molar-refractivity contribution < 1.29 is 39.2 Å². The highest BCUT2D eigenvalue weighted by Gasteiger charge is 2.26. The molecular formula is C23H36N4O8. The maximum Gasteiger partial charge on any atom is 0.351 e. The smallest absolute Gasteiger partial charge is 0.351 e. The average Bonchev–Trinajstić information content (AvgIpc) is 2.78. The van der Waals surface area contributed by atoms with Gasteiger partial charge in [-0.25, -0.2) is 4.79 Å². The Hall–Kier alpha value is -3.54. The van der Waals surface area contributed by atoms with Crippen molar-refractivity contribution in [2.24, 2.45) is 0 Å². The molecule has 12 nitrogen and oxygen atoms in total. The van der Waals surface area contributed by atoms with E-state index in [9.17, 15) is 19.7 Å². The van der Waals surface area contributed by atoms with Crippen LogP contribution in [-0.4, -0.2) is 88.4 Å². The van der Waals surface area contributed by atoms with Crippen LogP contribution in [0.1, 0.15) is 51.9 Å². The molecule has 0 saturated carbocycles. The van der Waals surface area contributed by atoms with E-state index >= 15 is 0 Å². The van der Waals surface area contributed by atoms with Crippen LogP contribution in [0, 0.1) is 10.1 Å². The van der Waals surface area contributed by atoms with Crippen LogP contribution in [0.4, 0.5) is 5.69 Å². The summed E-state index contributed by atoms with van der Waals surface area (Å²) in [4.78, 5) is 59.1. The van der Waals surface area contributed by atoms with Crippen LogP contribution in [0.2, 0.25) is 0 Å². The lowest BCUT2D eigenvalue weighted by atomic mass is 10.1. The number of non-ortho nitro benzene ring substituents is 1. The number of likely N-dealkylation sites (N-methyl/N-ethyl adjacent to an activating group) is 1. The summed E-state index contributed by atoms with van der Waals surface area (Å²) in [6.07, 6.45) is 0. The number of hydrogen-bond acceptors (Lipinski definition) is 7. The Kier molecular flexibility index (Phi) is 13.8. The Morgan fingerprint density at radius 3 is 1.80 bits per heavy atom. The monoisotopic (exact) mass is 496 g/mol. The fraction of sp³-hybridized carbons (Fsp3) is 0.565. The number of aliphatic carboxylic acids is 2. The summed E-state index contributed by atoms with van der Waals surface area (Å²) in [5.74, 6) is -4.39. The van der Waals surface area contributed by atoms with E-state index in [1.54, 1.807) is 9.80 Å². The maximum absolute atomic E-state index is 13.1. The Morgan fingerprint density at radius 1 is 1.00 bits per heavy atom. The van der Waals surface area contributed by atoms with Gasteiger partial charge < -0.3 is 29.7 Å². The normalized spacial score (nSPS) is 10.5. The highest BCUT2D eigenvalue weighted by Crippen LogP contribution is 2.14. The Bertz CT molecular complexity index is 847. The van der Waals surface area contributed by atoms with Crippen molar-refractivity contribution in [3.05, 3.63) is 39.9 Å². The molecule has 0 aromatic heterocycles. The van der Waals surface area contributed by atoms with E-state index in [0.717, 1.165) is 19.6 Å². The lowest BCUT2D eigenvalue weighted by Gasteiger charge is -2.33. The average molecular weight is 497 g/mol. The molecule has 0 radical (unpaired) electrons. The Morgan fingerprint density at radius 2 is 1.46 bits per heavy atom. The van der Waals surface area contributed by atoms with Gasteiger partial charge in [-0.2, -0.15) is 0 Å². The minimum absolute atomic E-state index is 0.00705. The number of nitro groups is 1. The molecule has 1 aromatic carbocycles. The largest absolute Gasteiger partial charge is 0.539 e. The molecule has 2 N–H and O–H groups in total. The van der Waals surface area contributed by atoms with E-state index in [-0.39, 0.29) is 36.1 Å². The summed E-state index contributed by atoms with van der Waals surface area (Å²) in [5.41, 5.74) is 0.279. The number of quaternary nitrogens is 1. The lowest BCUT2D eigenvalue weighted by molar-refractivity contribution is -0.895. The third-order valence-corrected chi connectivity index (χ3v) is 5.25. The highest BCUT2D eigenvalue weighted by atomic mass is 16.6. The summed E-state index contributed by atoms with van der Waals surface area (Å²) in [7, 11) is 0. The minimum Gasteiger partial charge on any atom is -0.539 e. The van der Waals surface area contributed by atoms with Crippen molar-refractivity contribution in [2.75, 3.05) is 32.7 Å². The molecule has 196 valence electrons. The maximum atomic E-state index is 13.1. The van der Waals surface area contributed by atoms with Gasteiger partial charge in [-0.3, -0.25) is 19.7 Å². The van der Waals surface area contributed by atoms with Crippen molar-refractivity contribution in [2.45, 2.75) is 53.6 Å². The van der Waals surface area contributed by atoms with E-state index < -0.39 is 16.9 Å². The number of carboxylic acid groups (broad SMARTS) is 2. The number of amides is 2. The van der Waals surface area contributed by atoms with Crippen LogP contribution in [0.25, 0.3) is 0 Å². The lowest BCUT2D eigenvalue weighted by Crippen LogP contribution is -3.12. The van der Waals surface area contributed by atoms with Gasteiger partial charge in [0.15, 0.2) is 5.97 Å². The van der Waals surface area contributed by atoms with Gasteiger partial charge in [0.25, 0.3) is 11.6 Å². The van der Waals surface area contributed by atoms with E-state index in [1.807, 2.05) is 27.7 Å². The first-order valence-corrected chi connectivity index (χ1v) is 11.4. The van der Waals surface area contributed by atoms with E-state index in [4.69, 9.17) is 19.8 Å². The number of nitro benzene ring substituents is 1. The molecule has 0 spiro atoms. The van der Waals surface area contributed by atoms with Crippen LogP contribution in [0.3, 0.4) is 0 Å². The zero-order chi connectivity index (χ0) is 27.3. The van der Waals surface area contributed by atoms with Crippen molar-refractivity contribution in [3.8, 4) is 0 Å². The van der Waals surface area contributed by atoms with Crippen molar-refractivity contribution in [1.29, 1.82) is 0 Å². The Balaban J connectivity index is 0.00000170. The summed E-state index contributed by atoms with van der Waals surface area (Å²) in [5, 5.41) is 27.2. The second-order valence-electron chi connectivity index (χ2n) is 8.32. The first-order valence-electron chi connectivity index (χ1n) is 11.4. The topological polar surface area (TPSA) is 166 Å². The molecule has 1 aromatic rings. The number of carbonyl (C=O) groups is 4. The highest BCUT2D eigenvalue weighted by molar-refractivity contribution is 6.26. The van der Waals surface area contributed by atoms with Crippen LogP contribution in [-0.2, 0) is 14.4 Å². The second-order valence-corrected chi connectivity index (χ2v) is 8.32. The number of carbonyl (C=O) groups excluding carboxylic acids is 3. The molecule has 0 aliphatic carbocycles. The SMILES string of the molecule is CC[NH+](CC)CCN(CC(=O)N(C(C)C)C(C)C)C(=O)c1ccc([N+](=O)[O-])cc1.O=C([O-])C(=O)O. The first kappa shape index (κ1) is 31.5. The standard InChI is InChI=1S/C21H34N4O4.C2H2O4/c1-7-22(8-2)13-14-23(15-20(26)24(16(3)4)17(5)6)21(27)18-9-11-19(12-10-18)25(28)29;3-1(4)2(5)6/h9-12,16-17H,7-8,13-15H2,1-6H3;(H,3,4)(H,5,6). The van der Waals surface area contributed by atoms with Crippen molar-refractivity contribution in [1.82, 2.24) is 9.80 Å². The zero-order valence-electron chi connectivity index (χ0n) is 21.1. The quantitative estimate of drug-likeness (QED) is 0.233. The summed E-state index contributed by atoms with van der Waals surface area (Å²) < 4.78 is 0. The van der Waals surface area contributed by atoms with Crippen LogP contribution in [0.5, 0.6) is 0 Å². The zero-order valence-corrected chi connectivity index (χ0v) is 21.1. The molecule has 0 aliphatic rings. The summed E-state index contributed by atoms with van der Waals surface area (Å²) in [6, 6.07) is 5.60. The van der Waals surface area contributed by atoms with Crippen LogP contribution in [0.15, 0.2) is 24.3 Å². The number of hydrogen-bond donors (Lipinski definition) is 2. The number of nitrogens with one attached hydrogen (secondary N) is 1. The Labute approximate surface area is 205 Å². The number of carboxylic acids is 2. The molecule has 0 bridgehead atoms. The molecule has 0 heterocycles. The molecule has 12 heteroatoms. The fourth-order valence-corrected chi connectivity index (χ4v) is 3.47. The van der Waals surface area contributed by atoms with Crippen molar-refractivity contribution in [3.63, 3.8) is 0 Å². The predicted molar refractivity (Wildman–Crippen MR) is 126 cm³/mol. The van der Waals surface area contributed by atoms with Gasteiger partial charge in [0.1, 0.15) is 6.54 Å². The third-order valence-electron chi connectivity index (χ3n) is 5.25. The molecule has 2 amide bonds. The molecule has 0 fully saturated rings. The fourth-order valence-electron chi connectivity index (χ4n) is 3.47. The third kappa shape index (κ3) is 11.0. The second kappa shape index (κ2) is 15.4. The molecule has 35 heavy (non-hydrogen) atoms. The minimum atomic E-state index is -2.07. The van der Waals surface area contributed by atoms with E-state index in [2.05, 4.69) is 13.8 Å². The number of benzene rings is 1. The molecule has 1 rings (SSSR count). The van der Waals surface area contributed by atoms with E-state index in [1.165, 1.54) is 29.2 Å².